The topological polar surface area (TPSA) is 9.23 Å². The van der Waals surface area contributed by atoms with E-state index in [-0.39, 0.29) is 5.75 Å². The van der Waals surface area contributed by atoms with Gasteiger partial charge in [-0.3, -0.25) is 0 Å². The molecule has 0 saturated carbocycles. The Morgan fingerprint density at radius 2 is 1.63 bits per heavy atom. The van der Waals surface area contributed by atoms with E-state index in [2.05, 4.69) is 5.92 Å². The molecule has 0 amide bonds. The van der Waals surface area contributed by atoms with Crippen LogP contribution in [0, 0.1) is 12.3 Å². The van der Waals surface area contributed by atoms with E-state index in [4.69, 9.17) is 11.2 Å². The minimum absolute atomic E-state index is 0.128. The Morgan fingerprint density at radius 1 is 0.947 bits per heavy atom. The van der Waals surface area contributed by atoms with Gasteiger partial charge in [-0.05, 0) is 42.5 Å². The summed E-state index contributed by atoms with van der Waals surface area (Å²) in [4.78, 5) is 0. The van der Waals surface area contributed by atoms with E-state index in [1.165, 1.54) is 12.1 Å². The average Bonchev–Trinajstić information content (AvgIpc) is 2.39. The number of rotatable bonds is 2. The lowest BCUT2D eigenvalue weighted by atomic mass is 10.2. The molecule has 1 nitrogen and oxygen atoms in total. The third-order valence-electron chi connectivity index (χ3n) is 2.42. The minimum Gasteiger partial charge on any atom is -0.457 e. The summed E-state index contributed by atoms with van der Waals surface area (Å²) in [6.07, 6.45) is 0.822. The van der Waals surface area contributed by atoms with Gasteiger partial charge < -0.3 is 4.74 Å². The van der Waals surface area contributed by atoms with Crippen molar-refractivity contribution < 1.29 is 17.9 Å². The third kappa shape index (κ3) is 3.29. The van der Waals surface area contributed by atoms with E-state index in [0.29, 0.717) is 11.3 Å². The van der Waals surface area contributed by atoms with Crippen LogP contribution >= 0.6 is 0 Å². The van der Waals surface area contributed by atoms with Gasteiger partial charge in [-0.1, -0.05) is 12.0 Å². The predicted molar refractivity (Wildman–Crippen MR) is 65.9 cm³/mol. The molecule has 0 aliphatic carbocycles. The van der Waals surface area contributed by atoms with Gasteiger partial charge in [0.05, 0.1) is 5.56 Å². The Labute approximate surface area is 108 Å². The van der Waals surface area contributed by atoms with Gasteiger partial charge in [-0.2, -0.15) is 13.2 Å². The van der Waals surface area contributed by atoms with E-state index in [1.54, 1.807) is 24.3 Å². The summed E-state index contributed by atoms with van der Waals surface area (Å²) in [5.41, 5.74) is -0.0679. The first-order valence-electron chi connectivity index (χ1n) is 5.41. The maximum Gasteiger partial charge on any atom is 0.416 e. The van der Waals surface area contributed by atoms with Gasteiger partial charge in [0.1, 0.15) is 11.5 Å². The fourth-order valence-electron chi connectivity index (χ4n) is 1.49. The number of halogens is 3. The first-order chi connectivity index (χ1) is 8.99. The predicted octanol–water partition coefficient (Wildman–Crippen LogP) is 4.48. The van der Waals surface area contributed by atoms with Crippen LogP contribution in [0.3, 0.4) is 0 Å². The molecule has 0 aliphatic heterocycles. The van der Waals surface area contributed by atoms with Crippen molar-refractivity contribution in [3.63, 3.8) is 0 Å². The monoisotopic (exact) mass is 262 g/mol. The number of hydrogen-bond donors (Lipinski definition) is 0. The maximum atomic E-state index is 12.5. The van der Waals surface area contributed by atoms with E-state index in [9.17, 15) is 13.2 Å². The van der Waals surface area contributed by atoms with Crippen molar-refractivity contribution in [2.75, 3.05) is 0 Å². The molecule has 19 heavy (non-hydrogen) atoms. The second-order valence-electron chi connectivity index (χ2n) is 3.80. The number of hydrogen-bond acceptors (Lipinski definition) is 1. The lowest BCUT2D eigenvalue weighted by molar-refractivity contribution is -0.137. The van der Waals surface area contributed by atoms with Crippen molar-refractivity contribution in [1.29, 1.82) is 0 Å². The molecule has 0 heterocycles. The van der Waals surface area contributed by atoms with Crippen molar-refractivity contribution in [3.05, 3.63) is 59.7 Å². The summed E-state index contributed by atoms with van der Waals surface area (Å²) < 4.78 is 42.9. The van der Waals surface area contributed by atoms with E-state index < -0.39 is 11.7 Å². The van der Waals surface area contributed by atoms with E-state index in [0.717, 1.165) is 12.1 Å². The molecule has 0 radical (unpaired) electrons. The summed E-state index contributed by atoms with van der Waals surface area (Å²) >= 11 is 0. The first-order valence-corrected chi connectivity index (χ1v) is 5.41. The zero-order chi connectivity index (χ0) is 13.9. The van der Waals surface area contributed by atoms with Crippen LogP contribution in [0.1, 0.15) is 11.1 Å². The van der Waals surface area contributed by atoms with Crippen molar-refractivity contribution in [2.24, 2.45) is 0 Å². The smallest absolute Gasteiger partial charge is 0.416 e. The largest absolute Gasteiger partial charge is 0.457 e. The van der Waals surface area contributed by atoms with Crippen molar-refractivity contribution >= 4 is 0 Å². The lowest BCUT2D eigenvalue weighted by Crippen LogP contribution is -2.04. The van der Waals surface area contributed by atoms with Crippen LogP contribution in [0.5, 0.6) is 11.5 Å². The number of ether oxygens (including phenoxy) is 1. The molecular weight excluding hydrogens is 253 g/mol. The molecule has 0 bridgehead atoms. The molecule has 2 aromatic rings. The Hall–Kier alpha value is -2.41. The molecule has 0 spiro atoms. The highest BCUT2D eigenvalue weighted by molar-refractivity contribution is 5.39. The van der Waals surface area contributed by atoms with Crippen molar-refractivity contribution in [1.82, 2.24) is 0 Å². The molecule has 0 saturated heterocycles. The van der Waals surface area contributed by atoms with E-state index >= 15 is 0 Å². The Kier molecular flexibility index (Phi) is 3.48. The molecule has 2 rings (SSSR count). The van der Waals surface area contributed by atoms with Crippen LogP contribution in [0.15, 0.2) is 48.5 Å². The Morgan fingerprint density at radius 3 is 2.21 bits per heavy atom. The highest BCUT2D eigenvalue weighted by Gasteiger charge is 2.30. The molecule has 4 heteroatoms. The first kappa shape index (κ1) is 13.0. The van der Waals surface area contributed by atoms with E-state index in [1.807, 2.05) is 0 Å². The zero-order valence-corrected chi connectivity index (χ0v) is 9.74. The van der Waals surface area contributed by atoms with Gasteiger partial charge in [0.15, 0.2) is 0 Å². The fourth-order valence-corrected chi connectivity index (χ4v) is 1.49. The summed E-state index contributed by atoms with van der Waals surface area (Å²) in [5, 5.41) is 0. The molecule has 0 fully saturated rings. The van der Waals surface area contributed by atoms with Crippen molar-refractivity contribution in [3.8, 4) is 23.8 Å². The summed E-state index contributed by atoms with van der Waals surface area (Å²) in [6, 6.07) is 11.2. The van der Waals surface area contributed by atoms with Gasteiger partial charge in [0.2, 0.25) is 0 Å². The zero-order valence-electron chi connectivity index (χ0n) is 9.74. The quantitative estimate of drug-likeness (QED) is 0.725. The van der Waals surface area contributed by atoms with Crippen LogP contribution < -0.4 is 4.74 Å². The summed E-state index contributed by atoms with van der Waals surface area (Å²) in [6.45, 7) is 0. The van der Waals surface area contributed by atoms with Crippen molar-refractivity contribution in [2.45, 2.75) is 6.18 Å². The molecule has 96 valence electrons. The molecular formula is C15H9F3O. The Balaban J connectivity index is 2.21. The van der Waals surface area contributed by atoms with Gasteiger partial charge in [0.25, 0.3) is 0 Å². The van der Waals surface area contributed by atoms with Gasteiger partial charge in [0, 0.05) is 5.56 Å². The molecule has 0 aliphatic rings. The Bertz CT molecular complexity index is 607. The molecule has 0 atom stereocenters. The summed E-state index contributed by atoms with van der Waals surface area (Å²) in [5.74, 6) is 3.00. The maximum absolute atomic E-state index is 12.5. The second kappa shape index (κ2) is 5.07. The standard InChI is InChI=1S/C15H9F3O/c1-2-11-6-8-13(9-7-11)19-14-5-3-4-12(10-14)15(16,17)18/h1,3-10H. The van der Waals surface area contributed by atoms with Crippen LogP contribution in [0.25, 0.3) is 0 Å². The van der Waals surface area contributed by atoms with Gasteiger partial charge in [-0.15, -0.1) is 6.42 Å². The molecule has 2 aromatic carbocycles. The molecule has 0 unspecified atom stereocenters. The van der Waals surface area contributed by atoms with Crippen LogP contribution in [0.4, 0.5) is 13.2 Å². The fraction of sp³-hybridized carbons (Fsp3) is 0.0667. The lowest BCUT2D eigenvalue weighted by Gasteiger charge is -2.10. The molecule has 0 aromatic heterocycles. The summed E-state index contributed by atoms with van der Waals surface area (Å²) in [7, 11) is 0. The number of alkyl halides is 3. The van der Waals surface area contributed by atoms with Gasteiger partial charge in [-0.25, -0.2) is 0 Å². The third-order valence-corrected chi connectivity index (χ3v) is 2.42. The van der Waals surface area contributed by atoms with Crippen LogP contribution in [0.2, 0.25) is 0 Å². The highest BCUT2D eigenvalue weighted by Crippen LogP contribution is 2.32. The SMILES string of the molecule is C#Cc1ccc(Oc2cccc(C(F)(F)F)c2)cc1. The average molecular weight is 262 g/mol. The van der Waals surface area contributed by atoms with Crippen LogP contribution in [-0.2, 0) is 6.18 Å². The second-order valence-corrected chi connectivity index (χ2v) is 3.80. The normalized spacial score (nSPS) is 10.8. The minimum atomic E-state index is -4.38. The number of benzene rings is 2. The van der Waals surface area contributed by atoms with Crippen LogP contribution in [-0.4, -0.2) is 0 Å². The highest BCUT2D eigenvalue weighted by atomic mass is 19.4. The number of terminal acetylenes is 1. The van der Waals surface area contributed by atoms with Gasteiger partial charge >= 0.3 is 6.18 Å². The molecule has 0 N–H and O–H groups in total.